The van der Waals surface area contributed by atoms with E-state index in [0.29, 0.717) is 0 Å². The van der Waals surface area contributed by atoms with Gasteiger partial charge in [-0.15, -0.1) is 0 Å². The summed E-state index contributed by atoms with van der Waals surface area (Å²) in [7, 11) is 0. The van der Waals surface area contributed by atoms with Crippen molar-refractivity contribution in [2.45, 2.75) is 33.1 Å². The van der Waals surface area contributed by atoms with Gasteiger partial charge in [-0.2, -0.15) is 0 Å². The lowest BCUT2D eigenvalue weighted by molar-refractivity contribution is 0.928. The summed E-state index contributed by atoms with van der Waals surface area (Å²) in [5.41, 5.74) is 8.57. The minimum atomic E-state index is 1.02. The van der Waals surface area contributed by atoms with Gasteiger partial charge in [0.25, 0.3) is 0 Å². The van der Waals surface area contributed by atoms with Crippen molar-refractivity contribution in [1.29, 1.82) is 0 Å². The summed E-state index contributed by atoms with van der Waals surface area (Å²) in [6.45, 7) is 4.45. The Morgan fingerprint density at radius 1 is 0.652 bits per heavy atom. The average molecular weight is 300 g/mol. The molecule has 0 aliphatic carbocycles. The lowest BCUT2D eigenvalue weighted by atomic mass is 9.90. The van der Waals surface area contributed by atoms with E-state index in [1.165, 1.54) is 33.4 Å². The zero-order valence-corrected chi connectivity index (χ0v) is 14.0. The highest BCUT2D eigenvalue weighted by atomic mass is 14.1. The van der Waals surface area contributed by atoms with Crippen molar-refractivity contribution in [2.24, 2.45) is 0 Å². The third kappa shape index (κ3) is 4.10. The first-order valence-electron chi connectivity index (χ1n) is 8.39. The Kier molecular flexibility index (Phi) is 4.92. The fraction of sp³-hybridized carbons (Fsp3) is 0.217. The second kappa shape index (κ2) is 7.28. The third-order valence-electron chi connectivity index (χ3n) is 4.46. The number of benzene rings is 3. The first kappa shape index (κ1) is 15.6. The van der Waals surface area contributed by atoms with Crippen molar-refractivity contribution < 1.29 is 0 Å². The van der Waals surface area contributed by atoms with Gasteiger partial charge in [0.15, 0.2) is 0 Å². The van der Waals surface area contributed by atoms with E-state index in [4.69, 9.17) is 0 Å². The highest BCUT2D eigenvalue weighted by molar-refractivity contribution is 5.42. The molecule has 0 N–H and O–H groups in total. The van der Waals surface area contributed by atoms with Crippen LogP contribution in [-0.4, -0.2) is 0 Å². The van der Waals surface area contributed by atoms with E-state index >= 15 is 0 Å². The molecule has 0 aliphatic rings. The molecule has 0 saturated carbocycles. The number of hydrogen-bond donors (Lipinski definition) is 0. The molecule has 0 amide bonds. The lowest BCUT2D eigenvalue weighted by Gasteiger charge is -2.15. The fourth-order valence-corrected chi connectivity index (χ4v) is 3.29. The van der Waals surface area contributed by atoms with Crippen LogP contribution >= 0.6 is 0 Å². The average Bonchev–Trinajstić information content (AvgIpc) is 2.57. The van der Waals surface area contributed by atoms with Gasteiger partial charge in [0.05, 0.1) is 0 Å². The van der Waals surface area contributed by atoms with Crippen LogP contribution in [0.1, 0.15) is 33.4 Å². The third-order valence-corrected chi connectivity index (χ3v) is 4.46. The van der Waals surface area contributed by atoms with E-state index in [1.807, 2.05) is 0 Å². The second-order valence-corrected chi connectivity index (χ2v) is 6.37. The smallest absolute Gasteiger partial charge is 0.00204 e. The maximum absolute atomic E-state index is 2.37. The number of rotatable bonds is 5. The molecule has 3 rings (SSSR count). The summed E-state index contributed by atoms with van der Waals surface area (Å²) in [5, 5.41) is 0. The van der Waals surface area contributed by atoms with Crippen LogP contribution in [0, 0.1) is 13.8 Å². The molecule has 0 fully saturated rings. The molecule has 0 radical (unpaired) electrons. The van der Waals surface area contributed by atoms with Crippen LogP contribution in [0.4, 0.5) is 0 Å². The normalized spacial score (nSPS) is 10.7. The van der Waals surface area contributed by atoms with Crippen LogP contribution in [0.25, 0.3) is 0 Å². The SMILES string of the molecule is Cc1cc(C)c(Cc2ccccc2)c(CCc2ccccc2)c1. The molecule has 0 heterocycles. The predicted molar refractivity (Wildman–Crippen MR) is 99.0 cm³/mol. The topological polar surface area (TPSA) is 0 Å². The standard InChI is InChI=1S/C23H24/c1-18-15-19(2)23(17-21-11-7-4-8-12-21)22(16-18)14-13-20-9-5-3-6-10-20/h3-12,15-16H,13-14,17H2,1-2H3. The Balaban J connectivity index is 1.86. The Labute approximate surface area is 139 Å². The highest BCUT2D eigenvalue weighted by Crippen LogP contribution is 2.22. The maximum Gasteiger partial charge on any atom is -0.00204 e. The summed E-state index contributed by atoms with van der Waals surface area (Å²) in [6.07, 6.45) is 3.23. The minimum Gasteiger partial charge on any atom is -0.0622 e. The summed E-state index contributed by atoms with van der Waals surface area (Å²) in [5.74, 6) is 0. The quantitative estimate of drug-likeness (QED) is 0.568. The molecule has 0 spiro atoms. The highest BCUT2D eigenvalue weighted by Gasteiger charge is 2.08. The van der Waals surface area contributed by atoms with Crippen molar-refractivity contribution in [3.63, 3.8) is 0 Å². The molecule has 0 aromatic heterocycles. The van der Waals surface area contributed by atoms with Crippen LogP contribution in [0.5, 0.6) is 0 Å². The molecule has 3 aromatic rings. The Morgan fingerprint density at radius 2 is 1.26 bits per heavy atom. The molecule has 0 aliphatic heterocycles. The fourth-order valence-electron chi connectivity index (χ4n) is 3.29. The van der Waals surface area contributed by atoms with E-state index in [9.17, 15) is 0 Å². The number of hydrogen-bond acceptors (Lipinski definition) is 0. The molecule has 23 heavy (non-hydrogen) atoms. The summed E-state index contributed by atoms with van der Waals surface area (Å²) in [6, 6.07) is 26.2. The molecule has 116 valence electrons. The predicted octanol–water partition coefficient (Wildman–Crippen LogP) is 5.68. The summed E-state index contributed by atoms with van der Waals surface area (Å²) < 4.78 is 0. The van der Waals surface area contributed by atoms with Gasteiger partial charge >= 0.3 is 0 Å². The minimum absolute atomic E-state index is 1.02. The summed E-state index contributed by atoms with van der Waals surface area (Å²) >= 11 is 0. The van der Waals surface area contributed by atoms with E-state index in [1.54, 1.807) is 0 Å². The van der Waals surface area contributed by atoms with Gasteiger partial charge in [-0.1, -0.05) is 78.4 Å². The monoisotopic (exact) mass is 300 g/mol. The Bertz CT molecular complexity index is 755. The maximum atomic E-state index is 2.37. The molecule has 0 saturated heterocycles. The van der Waals surface area contributed by atoms with Gasteiger partial charge in [0.2, 0.25) is 0 Å². The van der Waals surface area contributed by atoms with Crippen LogP contribution in [0.15, 0.2) is 72.8 Å². The largest absolute Gasteiger partial charge is 0.0622 e. The zero-order chi connectivity index (χ0) is 16.1. The van der Waals surface area contributed by atoms with Gasteiger partial charge in [0.1, 0.15) is 0 Å². The van der Waals surface area contributed by atoms with Crippen molar-refractivity contribution in [1.82, 2.24) is 0 Å². The second-order valence-electron chi connectivity index (χ2n) is 6.37. The van der Waals surface area contributed by atoms with Gasteiger partial charge in [0, 0.05) is 0 Å². The van der Waals surface area contributed by atoms with Gasteiger partial charge in [-0.3, -0.25) is 0 Å². The van der Waals surface area contributed by atoms with Crippen LogP contribution in [-0.2, 0) is 19.3 Å². The molecule has 0 bridgehead atoms. The van der Waals surface area contributed by atoms with E-state index in [2.05, 4.69) is 86.6 Å². The molecule has 0 heteroatoms. The van der Waals surface area contributed by atoms with Crippen LogP contribution in [0.3, 0.4) is 0 Å². The van der Waals surface area contributed by atoms with Gasteiger partial charge in [-0.05, 0) is 60.9 Å². The molecular weight excluding hydrogens is 276 g/mol. The van der Waals surface area contributed by atoms with E-state index in [0.717, 1.165) is 19.3 Å². The van der Waals surface area contributed by atoms with Crippen LogP contribution in [0.2, 0.25) is 0 Å². The van der Waals surface area contributed by atoms with Crippen molar-refractivity contribution in [3.05, 3.63) is 106 Å². The summed E-state index contributed by atoms with van der Waals surface area (Å²) in [4.78, 5) is 0. The van der Waals surface area contributed by atoms with Gasteiger partial charge < -0.3 is 0 Å². The first-order valence-corrected chi connectivity index (χ1v) is 8.39. The Morgan fingerprint density at radius 3 is 1.91 bits per heavy atom. The number of aryl methyl sites for hydroxylation is 4. The first-order chi connectivity index (χ1) is 11.2. The molecule has 0 unspecified atom stereocenters. The molecule has 0 atom stereocenters. The van der Waals surface area contributed by atoms with Crippen LogP contribution < -0.4 is 0 Å². The molecular formula is C23H24. The van der Waals surface area contributed by atoms with Gasteiger partial charge in [-0.25, -0.2) is 0 Å². The van der Waals surface area contributed by atoms with Crippen molar-refractivity contribution in [2.75, 3.05) is 0 Å². The van der Waals surface area contributed by atoms with Crippen molar-refractivity contribution in [3.8, 4) is 0 Å². The lowest BCUT2D eigenvalue weighted by Crippen LogP contribution is -2.02. The van der Waals surface area contributed by atoms with E-state index in [-0.39, 0.29) is 0 Å². The van der Waals surface area contributed by atoms with E-state index < -0.39 is 0 Å². The zero-order valence-electron chi connectivity index (χ0n) is 14.0. The Hall–Kier alpha value is -2.34. The molecule has 3 aromatic carbocycles. The molecule has 0 nitrogen and oxygen atoms in total. The van der Waals surface area contributed by atoms with Crippen molar-refractivity contribution >= 4 is 0 Å².